The van der Waals surface area contributed by atoms with Crippen LogP contribution in [0, 0.1) is 5.92 Å². The van der Waals surface area contributed by atoms with Crippen molar-refractivity contribution in [3.63, 3.8) is 0 Å². The summed E-state index contributed by atoms with van der Waals surface area (Å²) in [7, 11) is 0. The Morgan fingerprint density at radius 2 is 1.82 bits per heavy atom. The maximum Gasteiger partial charge on any atom is 0.115 e. The molecule has 17 heavy (non-hydrogen) atoms. The van der Waals surface area contributed by atoms with Crippen molar-refractivity contribution in [2.75, 3.05) is 6.54 Å². The van der Waals surface area contributed by atoms with Gasteiger partial charge in [-0.2, -0.15) is 0 Å². The van der Waals surface area contributed by atoms with Crippen LogP contribution in [0.5, 0.6) is 5.75 Å². The first-order valence-electron chi connectivity index (χ1n) is 6.63. The summed E-state index contributed by atoms with van der Waals surface area (Å²) in [6.45, 7) is 7.73. The average Bonchev–Trinajstić information content (AvgIpc) is 2.27. The molecule has 0 amide bonds. The van der Waals surface area contributed by atoms with Crippen molar-refractivity contribution in [2.45, 2.75) is 46.1 Å². The molecule has 0 fully saturated rings. The van der Waals surface area contributed by atoms with E-state index in [2.05, 4.69) is 26.1 Å². The van der Waals surface area contributed by atoms with Gasteiger partial charge in [0, 0.05) is 6.04 Å². The monoisotopic (exact) mass is 235 g/mol. The molecule has 96 valence electrons. The van der Waals surface area contributed by atoms with Gasteiger partial charge in [0.25, 0.3) is 0 Å². The molecule has 1 atom stereocenters. The van der Waals surface area contributed by atoms with Gasteiger partial charge in [-0.05, 0) is 49.4 Å². The Kier molecular flexibility index (Phi) is 6.06. The average molecular weight is 235 g/mol. The van der Waals surface area contributed by atoms with Gasteiger partial charge in [0.05, 0.1) is 0 Å². The molecule has 1 aromatic rings. The summed E-state index contributed by atoms with van der Waals surface area (Å²) in [6.07, 6.45) is 3.47. The van der Waals surface area contributed by atoms with Gasteiger partial charge in [0.2, 0.25) is 0 Å². The Morgan fingerprint density at radius 3 is 2.35 bits per heavy atom. The molecule has 0 heterocycles. The first-order valence-corrected chi connectivity index (χ1v) is 6.63. The third-order valence-electron chi connectivity index (χ3n) is 2.97. The number of aryl methyl sites for hydroxylation is 1. The Hall–Kier alpha value is -1.02. The zero-order valence-corrected chi connectivity index (χ0v) is 11.2. The van der Waals surface area contributed by atoms with Gasteiger partial charge >= 0.3 is 0 Å². The molecule has 0 aromatic heterocycles. The highest BCUT2D eigenvalue weighted by Gasteiger charge is 2.09. The third-order valence-corrected chi connectivity index (χ3v) is 2.97. The molecule has 1 unspecified atom stereocenters. The second-order valence-corrected chi connectivity index (χ2v) is 5.09. The van der Waals surface area contributed by atoms with E-state index in [1.165, 1.54) is 12.0 Å². The van der Waals surface area contributed by atoms with E-state index in [0.29, 0.717) is 11.8 Å². The lowest BCUT2D eigenvalue weighted by Crippen LogP contribution is -2.30. The first-order chi connectivity index (χ1) is 8.11. The van der Waals surface area contributed by atoms with Gasteiger partial charge in [-0.3, -0.25) is 0 Å². The SMILES string of the molecule is CCNC(CCc1ccc(O)cc1)CC(C)C. The van der Waals surface area contributed by atoms with Crippen molar-refractivity contribution in [1.29, 1.82) is 0 Å². The number of hydrogen-bond donors (Lipinski definition) is 2. The van der Waals surface area contributed by atoms with E-state index < -0.39 is 0 Å². The standard InChI is InChI=1S/C15H25NO/c1-4-16-14(11-12(2)3)8-5-13-6-9-15(17)10-7-13/h6-7,9-10,12,14,16-17H,4-5,8,11H2,1-3H3. The number of phenols is 1. The fourth-order valence-corrected chi connectivity index (χ4v) is 2.16. The summed E-state index contributed by atoms with van der Waals surface area (Å²) in [5.74, 6) is 1.08. The Morgan fingerprint density at radius 1 is 1.18 bits per heavy atom. The minimum Gasteiger partial charge on any atom is -0.508 e. The minimum absolute atomic E-state index is 0.346. The Balaban J connectivity index is 2.42. The molecule has 0 aliphatic heterocycles. The van der Waals surface area contributed by atoms with Gasteiger partial charge in [-0.25, -0.2) is 0 Å². The summed E-state index contributed by atoms with van der Waals surface area (Å²) in [4.78, 5) is 0. The summed E-state index contributed by atoms with van der Waals surface area (Å²) in [5, 5.41) is 12.8. The number of aromatic hydroxyl groups is 1. The van der Waals surface area contributed by atoms with Gasteiger partial charge in [0.1, 0.15) is 5.75 Å². The fourth-order valence-electron chi connectivity index (χ4n) is 2.16. The molecular formula is C15H25NO. The topological polar surface area (TPSA) is 32.3 Å². The van der Waals surface area contributed by atoms with Crippen LogP contribution in [0.1, 0.15) is 39.2 Å². The quantitative estimate of drug-likeness (QED) is 0.759. The van der Waals surface area contributed by atoms with Gasteiger partial charge in [-0.15, -0.1) is 0 Å². The van der Waals surface area contributed by atoms with Crippen LogP contribution in [-0.4, -0.2) is 17.7 Å². The molecule has 0 saturated carbocycles. The highest BCUT2D eigenvalue weighted by Crippen LogP contribution is 2.14. The normalized spacial score (nSPS) is 12.9. The fraction of sp³-hybridized carbons (Fsp3) is 0.600. The number of benzene rings is 1. The third kappa shape index (κ3) is 5.73. The number of nitrogens with one attached hydrogen (secondary N) is 1. The molecule has 0 saturated heterocycles. The van der Waals surface area contributed by atoms with Crippen LogP contribution in [0.25, 0.3) is 0 Å². The van der Waals surface area contributed by atoms with Crippen molar-refractivity contribution in [2.24, 2.45) is 5.92 Å². The molecule has 1 rings (SSSR count). The number of phenolic OH excluding ortho intramolecular Hbond substituents is 1. The van der Waals surface area contributed by atoms with E-state index in [9.17, 15) is 5.11 Å². The molecule has 0 spiro atoms. The van der Waals surface area contributed by atoms with Crippen LogP contribution in [-0.2, 0) is 6.42 Å². The minimum atomic E-state index is 0.346. The van der Waals surface area contributed by atoms with Crippen LogP contribution in [0.15, 0.2) is 24.3 Å². The maximum atomic E-state index is 9.22. The predicted molar refractivity (Wildman–Crippen MR) is 73.3 cm³/mol. The lowest BCUT2D eigenvalue weighted by molar-refractivity contribution is 0.405. The number of rotatable bonds is 7. The highest BCUT2D eigenvalue weighted by atomic mass is 16.3. The van der Waals surface area contributed by atoms with Crippen LogP contribution in [0.3, 0.4) is 0 Å². The molecule has 1 aromatic carbocycles. The molecule has 0 aliphatic carbocycles. The lowest BCUT2D eigenvalue weighted by atomic mass is 9.97. The zero-order valence-electron chi connectivity index (χ0n) is 11.2. The van der Waals surface area contributed by atoms with Crippen molar-refractivity contribution in [3.8, 4) is 5.75 Å². The van der Waals surface area contributed by atoms with E-state index in [1.54, 1.807) is 12.1 Å². The molecule has 2 nitrogen and oxygen atoms in total. The lowest BCUT2D eigenvalue weighted by Gasteiger charge is -2.19. The van der Waals surface area contributed by atoms with Crippen molar-refractivity contribution >= 4 is 0 Å². The zero-order chi connectivity index (χ0) is 12.7. The van der Waals surface area contributed by atoms with Crippen LogP contribution >= 0.6 is 0 Å². The van der Waals surface area contributed by atoms with E-state index >= 15 is 0 Å². The largest absolute Gasteiger partial charge is 0.508 e. The maximum absolute atomic E-state index is 9.22. The van der Waals surface area contributed by atoms with Crippen molar-refractivity contribution in [1.82, 2.24) is 5.32 Å². The molecule has 0 radical (unpaired) electrons. The molecule has 2 N–H and O–H groups in total. The summed E-state index contributed by atoms with van der Waals surface area (Å²) in [6, 6.07) is 8.15. The summed E-state index contributed by atoms with van der Waals surface area (Å²) < 4.78 is 0. The van der Waals surface area contributed by atoms with E-state index in [4.69, 9.17) is 0 Å². The van der Waals surface area contributed by atoms with Gasteiger partial charge < -0.3 is 10.4 Å². The van der Waals surface area contributed by atoms with Crippen LogP contribution in [0.4, 0.5) is 0 Å². The molecular weight excluding hydrogens is 210 g/mol. The highest BCUT2D eigenvalue weighted by molar-refractivity contribution is 5.25. The smallest absolute Gasteiger partial charge is 0.115 e. The first kappa shape index (κ1) is 14.0. The van der Waals surface area contributed by atoms with Crippen LogP contribution < -0.4 is 5.32 Å². The van der Waals surface area contributed by atoms with Crippen molar-refractivity contribution < 1.29 is 5.11 Å². The van der Waals surface area contributed by atoms with E-state index in [0.717, 1.165) is 25.3 Å². The molecule has 2 heteroatoms. The molecule has 0 aliphatic rings. The summed E-state index contributed by atoms with van der Waals surface area (Å²) in [5.41, 5.74) is 1.30. The van der Waals surface area contributed by atoms with Crippen molar-refractivity contribution in [3.05, 3.63) is 29.8 Å². The Labute approximate surface area is 105 Å². The van der Waals surface area contributed by atoms with Gasteiger partial charge in [-0.1, -0.05) is 32.9 Å². The second kappa shape index (κ2) is 7.33. The molecule has 0 bridgehead atoms. The predicted octanol–water partition coefficient (Wildman–Crippen LogP) is 3.35. The Bertz CT molecular complexity index is 305. The number of hydrogen-bond acceptors (Lipinski definition) is 2. The second-order valence-electron chi connectivity index (χ2n) is 5.09. The van der Waals surface area contributed by atoms with E-state index in [-0.39, 0.29) is 0 Å². The van der Waals surface area contributed by atoms with Gasteiger partial charge in [0.15, 0.2) is 0 Å². The van der Waals surface area contributed by atoms with Crippen LogP contribution in [0.2, 0.25) is 0 Å². The van der Waals surface area contributed by atoms with E-state index in [1.807, 2.05) is 12.1 Å². The summed E-state index contributed by atoms with van der Waals surface area (Å²) >= 11 is 0.